The van der Waals surface area contributed by atoms with Gasteiger partial charge in [0.15, 0.2) is 0 Å². The highest BCUT2D eigenvalue weighted by Crippen LogP contribution is 2.15. The number of para-hydroxylation sites is 2. The molecule has 0 atom stereocenters. The van der Waals surface area contributed by atoms with Gasteiger partial charge in [-0.25, -0.2) is 0 Å². The Morgan fingerprint density at radius 1 is 0.353 bits per heavy atom. The number of likely N-dealkylation sites (N-methyl/N-ethyl adjacent to an activating group) is 2. The highest BCUT2D eigenvalue weighted by Gasteiger charge is 2.15. The SMILES string of the molecule is CCCCCCCCCCCCC[N+](C)(C)CCOc1ccccc1.CCCCCCCCCCCC[N+](C)(C)CCOc1ccccc1.[Cl-].[Cl-]. The van der Waals surface area contributed by atoms with Gasteiger partial charge in [-0.1, -0.05) is 159 Å². The Hall–Kier alpha value is -1.46. The van der Waals surface area contributed by atoms with Crippen LogP contribution in [0.5, 0.6) is 11.5 Å². The number of benzene rings is 2. The number of rotatable bonds is 31. The van der Waals surface area contributed by atoms with Crippen LogP contribution in [0.4, 0.5) is 0 Å². The highest BCUT2D eigenvalue weighted by atomic mass is 35.5. The molecule has 0 amide bonds. The van der Waals surface area contributed by atoms with Crippen molar-refractivity contribution in [2.45, 2.75) is 149 Å². The van der Waals surface area contributed by atoms with Crippen LogP contribution >= 0.6 is 0 Å². The lowest BCUT2D eigenvalue weighted by Gasteiger charge is -2.29. The molecule has 51 heavy (non-hydrogen) atoms. The third kappa shape index (κ3) is 34.1. The average Bonchev–Trinajstić information content (AvgIpc) is 3.09. The minimum atomic E-state index is 0. The minimum absolute atomic E-state index is 0. The van der Waals surface area contributed by atoms with Gasteiger partial charge in [0.1, 0.15) is 37.8 Å². The van der Waals surface area contributed by atoms with E-state index in [1.807, 2.05) is 60.7 Å². The van der Waals surface area contributed by atoms with Gasteiger partial charge in [-0.3, -0.25) is 0 Å². The second-order valence-electron chi connectivity index (χ2n) is 15.8. The zero-order valence-electron chi connectivity index (χ0n) is 34.3. The number of quaternary nitrogens is 2. The Morgan fingerprint density at radius 2 is 0.608 bits per heavy atom. The van der Waals surface area contributed by atoms with Crippen LogP contribution in [-0.2, 0) is 0 Å². The van der Waals surface area contributed by atoms with Gasteiger partial charge in [0.25, 0.3) is 0 Å². The van der Waals surface area contributed by atoms with Crippen LogP contribution in [0.15, 0.2) is 60.7 Å². The fourth-order valence-corrected chi connectivity index (χ4v) is 6.31. The molecule has 0 N–H and O–H groups in total. The molecule has 0 aliphatic rings. The largest absolute Gasteiger partial charge is 1.00 e. The molecule has 0 aliphatic carbocycles. The molecule has 0 bridgehead atoms. The molecule has 4 nitrogen and oxygen atoms in total. The van der Waals surface area contributed by atoms with E-state index >= 15 is 0 Å². The molecule has 0 radical (unpaired) electrons. The van der Waals surface area contributed by atoms with Crippen LogP contribution in [0.3, 0.4) is 0 Å². The van der Waals surface area contributed by atoms with Crippen molar-refractivity contribution in [1.82, 2.24) is 0 Å². The fourth-order valence-electron chi connectivity index (χ4n) is 6.31. The van der Waals surface area contributed by atoms with E-state index in [2.05, 4.69) is 42.0 Å². The first kappa shape index (κ1) is 51.6. The summed E-state index contributed by atoms with van der Waals surface area (Å²) in [5, 5.41) is 0. The molecule has 0 aromatic heterocycles. The molecule has 0 spiro atoms. The van der Waals surface area contributed by atoms with Gasteiger partial charge in [-0.15, -0.1) is 0 Å². The molecule has 6 heteroatoms. The molecule has 298 valence electrons. The van der Waals surface area contributed by atoms with Crippen molar-refractivity contribution >= 4 is 0 Å². The zero-order chi connectivity index (χ0) is 35.7. The Labute approximate surface area is 330 Å². The monoisotopic (exact) mass is 753 g/mol. The van der Waals surface area contributed by atoms with E-state index < -0.39 is 0 Å². The summed E-state index contributed by atoms with van der Waals surface area (Å²) in [5.74, 6) is 1.97. The van der Waals surface area contributed by atoms with Crippen molar-refractivity contribution in [3.05, 3.63) is 60.7 Å². The van der Waals surface area contributed by atoms with Gasteiger partial charge in [-0.05, 0) is 49.9 Å². The lowest BCUT2D eigenvalue weighted by molar-refractivity contribution is -0.890. The Bertz CT molecular complexity index is 959. The molecule has 2 rings (SSSR count). The number of hydrogen-bond acceptors (Lipinski definition) is 2. The summed E-state index contributed by atoms with van der Waals surface area (Å²) in [5.41, 5.74) is 0. The van der Waals surface area contributed by atoms with E-state index in [9.17, 15) is 0 Å². The Morgan fingerprint density at radius 3 is 0.882 bits per heavy atom. The van der Waals surface area contributed by atoms with Crippen molar-refractivity contribution in [1.29, 1.82) is 0 Å². The summed E-state index contributed by atoms with van der Waals surface area (Å²) in [6, 6.07) is 20.3. The number of unbranched alkanes of at least 4 members (excludes halogenated alkanes) is 19. The lowest BCUT2D eigenvalue weighted by Crippen LogP contribution is -3.00. The van der Waals surface area contributed by atoms with Gasteiger partial charge in [0.05, 0.1) is 41.3 Å². The molecular formula is C45H82Cl2N2O2. The number of halogens is 2. The third-order valence-electron chi connectivity index (χ3n) is 9.90. The smallest absolute Gasteiger partial charge is 0.137 e. The van der Waals surface area contributed by atoms with Gasteiger partial charge < -0.3 is 43.3 Å². The van der Waals surface area contributed by atoms with Crippen LogP contribution in [0.1, 0.15) is 149 Å². The molecule has 0 unspecified atom stereocenters. The average molecular weight is 754 g/mol. The molecule has 0 saturated heterocycles. The van der Waals surface area contributed by atoms with E-state index in [1.54, 1.807) is 0 Å². The van der Waals surface area contributed by atoms with Crippen molar-refractivity contribution in [2.75, 3.05) is 67.6 Å². The summed E-state index contributed by atoms with van der Waals surface area (Å²) in [6.45, 7) is 10.8. The first-order valence-corrected chi connectivity index (χ1v) is 20.8. The first-order chi connectivity index (χ1) is 23.8. The number of ether oxygens (including phenoxy) is 2. The predicted molar refractivity (Wildman–Crippen MR) is 216 cm³/mol. The highest BCUT2D eigenvalue weighted by molar-refractivity contribution is 5.21. The van der Waals surface area contributed by atoms with E-state index in [0.717, 1.165) is 46.8 Å². The molecule has 2 aromatic rings. The zero-order valence-corrected chi connectivity index (χ0v) is 35.8. The molecule has 2 aromatic carbocycles. The molecule has 0 aliphatic heterocycles. The van der Waals surface area contributed by atoms with Crippen molar-refractivity contribution in [3.63, 3.8) is 0 Å². The van der Waals surface area contributed by atoms with Gasteiger partial charge in [0.2, 0.25) is 0 Å². The fraction of sp³-hybridized carbons (Fsp3) is 0.733. The standard InChI is InChI=1S/C23H42NO.C22H40NO.2ClH/c1-4-5-6-7-8-9-10-11-12-13-17-20-24(2,3)21-22-25-23-18-15-14-16-19-23;1-4-5-6-7-8-9-10-11-12-16-19-23(2,3)20-21-24-22-17-14-13-15-18-22;;/h14-16,18-19H,4-13,17,20-22H2,1-3H3;13-15,17-18H,4-12,16,19-21H2,1-3H3;2*1H/q2*+1;;/p-2. The molecule has 0 saturated carbocycles. The predicted octanol–water partition coefficient (Wildman–Crippen LogP) is 6.52. The topological polar surface area (TPSA) is 18.5 Å². The van der Waals surface area contributed by atoms with Crippen molar-refractivity contribution in [3.8, 4) is 11.5 Å². The number of hydrogen-bond donors (Lipinski definition) is 0. The van der Waals surface area contributed by atoms with Gasteiger partial charge in [0, 0.05) is 0 Å². The lowest BCUT2D eigenvalue weighted by atomic mass is 10.1. The first-order valence-electron chi connectivity index (χ1n) is 20.8. The Kier molecular flexibility index (Phi) is 36.0. The summed E-state index contributed by atoms with van der Waals surface area (Å²) >= 11 is 0. The van der Waals surface area contributed by atoms with Crippen molar-refractivity contribution < 1.29 is 43.3 Å². The third-order valence-corrected chi connectivity index (χ3v) is 9.90. The van der Waals surface area contributed by atoms with Crippen LogP contribution in [-0.4, -0.2) is 76.5 Å². The van der Waals surface area contributed by atoms with E-state index in [1.165, 1.54) is 148 Å². The van der Waals surface area contributed by atoms with Gasteiger partial charge in [-0.2, -0.15) is 0 Å². The van der Waals surface area contributed by atoms with E-state index in [0.29, 0.717) is 0 Å². The maximum atomic E-state index is 5.83. The summed E-state index contributed by atoms with van der Waals surface area (Å²) in [6.07, 6.45) is 29.7. The second-order valence-corrected chi connectivity index (χ2v) is 15.8. The summed E-state index contributed by atoms with van der Waals surface area (Å²) in [7, 11) is 9.29. The van der Waals surface area contributed by atoms with E-state index in [4.69, 9.17) is 9.47 Å². The number of nitrogens with zero attached hydrogens (tertiary/aromatic N) is 2. The summed E-state index contributed by atoms with van der Waals surface area (Å²) < 4.78 is 13.8. The van der Waals surface area contributed by atoms with Crippen LogP contribution < -0.4 is 34.3 Å². The quantitative estimate of drug-likeness (QED) is 0.0646. The van der Waals surface area contributed by atoms with Gasteiger partial charge >= 0.3 is 0 Å². The Balaban J connectivity index is 0. The maximum absolute atomic E-state index is 5.83. The maximum Gasteiger partial charge on any atom is 0.137 e. The minimum Gasteiger partial charge on any atom is -1.00 e. The normalized spacial score (nSPS) is 11.2. The van der Waals surface area contributed by atoms with E-state index in [-0.39, 0.29) is 24.8 Å². The summed E-state index contributed by atoms with van der Waals surface area (Å²) in [4.78, 5) is 0. The second kappa shape index (κ2) is 35.6. The van der Waals surface area contributed by atoms with Crippen LogP contribution in [0, 0.1) is 0 Å². The molecule has 0 heterocycles. The van der Waals surface area contributed by atoms with Crippen LogP contribution in [0.25, 0.3) is 0 Å². The van der Waals surface area contributed by atoms with Crippen molar-refractivity contribution in [2.24, 2.45) is 0 Å². The molecular weight excluding hydrogens is 671 g/mol. The van der Waals surface area contributed by atoms with Crippen LogP contribution in [0.2, 0.25) is 0 Å². The molecule has 0 fully saturated rings.